The summed E-state index contributed by atoms with van der Waals surface area (Å²) in [6.45, 7) is 9.15. The summed E-state index contributed by atoms with van der Waals surface area (Å²) in [4.78, 5) is 23.2. The number of carbonyl (C=O) groups excluding carboxylic acids is 1. The van der Waals surface area contributed by atoms with Gasteiger partial charge in [-0.25, -0.2) is 0 Å². The van der Waals surface area contributed by atoms with Crippen LogP contribution in [0.3, 0.4) is 0 Å². The molecule has 0 aliphatic heterocycles. The summed E-state index contributed by atoms with van der Waals surface area (Å²) in [7, 11) is 0. The lowest BCUT2D eigenvalue weighted by molar-refractivity contribution is -0.139. The molecule has 0 aromatic rings. The molecule has 2 aliphatic carbocycles. The number of carboxylic acids is 1. The van der Waals surface area contributed by atoms with Crippen LogP contribution in [0.2, 0.25) is 0 Å². The van der Waals surface area contributed by atoms with Crippen LogP contribution in [0.5, 0.6) is 0 Å². The van der Waals surface area contributed by atoms with Gasteiger partial charge in [0.25, 0.3) is 0 Å². The van der Waals surface area contributed by atoms with E-state index in [9.17, 15) is 9.59 Å². The Hall–Kier alpha value is -1.10. The van der Waals surface area contributed by atoms with Crippen LogP contribution in [-0.2, 0) is 9.59 Å². The third kappa shape index (κ3) is 4.46. The first kappa shape index (κ1) is 18.2. The maximum Gasteiger partial charge on any atom is 0.305 e. The van der Waals surface area contributed by atoms with Gasteiger partial charge in [-0.05, 0) is 41.9 Å². The predicted octanol–water partition coefficient (Wildman–Crippen LogP) is 2.54. The summed E-state index contributed by atoms with van der Waals surface area (Å²) in [6, 6.07) is -0.885. The quantitative estimate of drug-likeness (QED) is 0.671. The Bertz CT molecular complexity index is 453. The molecule has 23 heavy (non-hydrogen) atoms. The highest BCUT2D eigenvalue weighted by atomic mass is 16.4. The normalized spacial score (nSPS) is 25.8. The van der Waals surface area contributed by atoms with Crippen LogP contribution in [0, 0.1) is 22.7 Å². The molecule has 5 heteroatoms. The molecule has 4 N–H and O–H groups in total. The number of nitrogens with two attached hydrogens (primary N) is 1. The molecule has 1 amide bonds. The molecule has 2 fully saturated rings. The van der Waals surface area contributed by atoms with Gasteiger partial charge >= 0.3 is 5.97 Å². The van der Waals surface area contributed by atoms with Gasteiger partial charge in [0.15, 0.2) is 0 Å². The number of carbonyl (C=O) groups is 2. The molecule has 0 radical (unpaired) electrons. The highest BCUT2D eigenvalue weighted by Crippen LogP contribution is 2.56. The van der Waals surface area contributed by atoms with Crippen LogP contribution < -0.4 is 11.1 Å². The SMILES string of the molecule is CC1(C)CCC(C)(C)C1C(CC1CC1)NC(=O)[C@@H](N)CC(=O)O. The van der Waals surface area contributed by atoms with E-state index in [-0.39, 0.29) is 29.2 Å². The number of hydrogen-bond acceptors (Lipinski definition) is 3. The minimum absolute atomic E-state index is 0.0855. The standard InChI is InChI=1S/C18H32N2O3/c1-17(2)7-8-18(3,4)15(17)13(9-11-5-6-11)20-16(23)12(19)10-14(21)22/h11-13,15H,5-10,19H2,1-4H3,(H,20,23)(H,21,22)/t12-,13?/m0/s1. The Morgan fingerprint density at radius 3 is 2.13 bits per heavy atom. The minimum Gasteiger partial charge on any atom is -0.481 e. The Labute approximate surface area is 139 Å². The number of amides is 1. The molecule has 5 nitrogen and oxygen atoms in total. The van der Waals surface area contributed by atoms with Crippen LogP contribution in [0.4, 0.5) is 0 Å². The van der Waals surface area contributed by atoms with Crippen LogP contribution in [-0.4, -0.2) is 29.1 Å². The van der Waals surface area contributed by atoms with Crippen molar-refractivity contribution in [3.05, 3.63) is 0 Å². The first-order chi connectivity index (χ1) is 10.5. The second-order valence-corrected chi connectivity index (χ2v) is 8.95. The number of hydrogen-bond donors (Lipinski definition) is 3. The summed E-state index contributed by atoms with van der Waals surface area (Å²) in [5.41, 5.74) is 6.10. The van der Waals surface area contributed by atoms with Crippen molar-refractivity contribution in [2.45, 2.75) is 78.3 Å². The number of rotatable bonds is 7. The van der Waals surface area contributed by atoms with E-state index in [2.05, 4.69) is 33.0 Å². The van der Waals surface area contributed by atoms with E-state index in [0.29, 0.717) is 11.8 Å². The van der Waals surface area contributed by atoms with Crippen molar-refractivity contribution in [3.8, 4) is 0 Å². The highest BCUT2D eigenvalue weighted by molar-refractivity contribution is 5.86. The van der Waals surface area contributed by atoms with Crippen LogP contribution >= 0.6 is 0 Å². The van der Waals surface area contributed by atoms with Crippen LogP contribution in [0.25, 0.3) is 0 Å². The summed E-state index contributed by atoms with van der Waals surface area (Å²) in [5, 5.41) is 12.0. The second-order valence-electron chi connectivity index (χ2n) is 8.95. The maximum atomic E-state index is 12.4. The zero-order valence-corrected chi connectivity index (χ0v) is 14.9. The first-order valence-corrected chi connectivity index (χ1v) is 8.81. The fraction of sp³-hybridized carbons (Fsp3) is 0.889. The molecule has 0 bridgehead atoms. The van der Waals surface area contributed by atoms with Crippen LogP contribution in [0.15, 0.2) is 0 Å². The Kier molecular flexibility index (Phi) is 5.09. The van der Waals surface area contributed by atoms with Gasteiger partial charge in [-0.15, -0.1) is 0 Å². The fourth-order valence-electron chi connectivity index (χ4n) is 4.66. The van der Waals surface area contributed by atoms with Crippen molar-refractivity contribution in [1.29, 1.82) is 0 Å². The van der Waals surface area contributed by atoms with Crippen molar-refractivity contribution >= 4 is 11.9 Å². The van der Waals surface area contributed by atoms with Crippen molar-refractivity contribution in [3.63, 3.8) is 0 Å². The van der Waals surface area contributed by atoms with Gasteiger partial charge in [-0.2, -0.15) is 0 Å². The van der Waals surface area contributed by atoms with Gasteiger partial charge < -0.3 is 16.2 Å². The van der Waals surface area contributed by atoms with Crippen molar-refractivity contribution in [2.24, 2.45) is 28.4 Å². The number of nitrogens with one attached hydrogen (secondary N) is 1. The number of carboxylic acid groups (broad SMARTS) is 1. The van der Waals surface area contributed by atoms with Gasteiger partial charge in [0.2, 0.25) is 5.91 Å². The molecular formula is C18H32N2O3. The van der Waals surface area contributed by atoms with Crippen molar-refractivity contribution in [1.82, 2.24) is 5.32 Å². The molecule has 0 heterocycles. The van der Waals surface area contributed by atoms with E-state index in [4.69, 9.17) is 10.8 Å². The zero-order chi connectivity index (χ0) is 17.4. The molecule has 0 spiro atoms. The summed E-state index contributed by atoms with van der Waals surface area (Å²) in [5.74, 6) is -0.274. The Morgan fingerprint density at radius 2 is 1.70 bits per heavy atom. The molecule has 2 atom stereocenters. The molecule has 0 saturated heterocycles. The number of aliphatic carboxylic acids is 1. The van der Waals surface area contributed by atoms with Crippen molar-refractivity contribution in [2.75, 3.05) is 0 Å². The first-order valence-electron chi connectivity index (χ1n) is 8.81. The smallest absolute Gasteiger partial charge is 0.305 e. The minimum atomic E-state index is -1.03. The molecular weight excluding hydrogens is 292 g/mol. The summed E-state index contributed by atoms with van der Waals surface area (Å²) >= 11 is 0. The lowest BCUT2D eigenvalue weighted by Gasteiger charge is -2.42. The molecule has 2 saturated carbocycles. The van der Waals surface area contributed by atoms with Crippen molar-refractivity contribution < 1.29 is 14.7 Å². The average Bonchev–Trinajstić information content (AvgIpc) is 3.15. The molecule has 132 valence electrons. The third-order valence-corrected chi connectivity index (χ3v) is 5.84. The summed E-state index contributed by atoms with van der Waals surface area (Å²) in [6.07, 6.45) is 5.45. The fourth-order valence-corrected chi connectivity index (χ4v) is 4.66. The average molecular weight is 324 g/mol. The van der Waals surface area contributed by atoms with Gasteiger partial charge in [0.05, 0.1) is 12.5 Å². The van der Waals surface area contributed by atoms with Crippen LogP contribution in [0.1, 0.15) is 66.2 Å². The van der Waals surface area contributed by atoms with Gasteiger partial charge in [-0.3, -0.25) is 9.59 Å². The molecule has 2 rings (SSSR count). The third-order valence-electron chi connectivity index (χ3n) is 5.84. The van der Waals surface area contributed by atoms with E-state index in [1.54, 1.807) is 0 Å². The van der Waals surface area contributed by atoms with E-state index < -0.39 is 12.0 Å². The lowest BCUT2D eigenvalue weighted by Crippen LogP contribution is -2.53. The largest absolute Gasteiger partial charge is 0.481 e. The van der Waals surface area contributed by atoms with Gasteiger partial charge in [-0.1, -0.05) is 40.5 Å². The topological polar surface area (TPSA) is 92.4 Å². The Balaban J connectivity index is 2.13. The van der Waals surface area contributed by atoms with Gasteiger partial charge in [0.1, 0.15) is 0 Å². The van der Waals surface area contributed by atoms with Gasteiger partial charge in [0, 0.05) is 6.04 Å². The molecule has 2 aliphatic rings. The summed E-state index contributed by atoms with van der Waals surface area (Å²) < 4.78 is 0. The maximum absolute atomic E-state index is 12.4. The molecule has 0 aromatic carbocycles. The lowest BCUT2D eigenvalue weighted by atomic mass is 9.67. The Morgan fingerprint density at radius 1 is 1.17 bits per heavy atom. The highest BCUT2D eigenvalue weighted by Gasteiger charge is 2.51. The monoisotopic (exact) mass is 324 g/mol. The molecule has 0 aromatic heterocycles. The zero-order valence-electron chi connectivity index (χ0n) is 14.9. The second kappa shape index (κ2) is 6.42. The van der Waals surface area contributed by atoms with E-state index in [0.717, 1.165) is 19.3 Å². The van der Waals surface area contributed by atoms with E-state index >= 15 is 0 Å². The van der Waals surface area contributed by atoms with E-state index in [1.807, 2.05) is 0 Å². The molecule has 1 unspecified atom stereocenters. The van der Waals surface area contributed by atoms with E-state index in [1.165, 1.54) is 12.8 Å². The predicted molar refractivity (Wildman–Crippen MR) is 89.8 cm³/mol.